The number of esters is 1. The van der Waals surface area contributed by atoms with Crippen molar-refractivity contribution in [2.75, 3.05) is 11.9 Å². The highest BCUT2D eigenvalue weighted by atomic mass is 19.1. The van der Waals surface area contributed by atoms with Crippen LogP contribution < -0.4 is 5.32 Å². The van der Waals surface area contributed by atoms with Crippen LogP contribution in [-0.4, -0.2) is 29.2 Å². The Hall–Kier alpha value is -2.84. The molecule has 0 aromatic heterocycles. The number of non-ortho nitro benzene ring substituents is 1. The second-order valence-corrected chi connectivity index (χ2v) is 6.97. The van der Waals surface area contributed by atoms with E-state index in [0.717, 1.165) is 37.5 Å². The van der Waals surface area contributed by atoms with Crippen molar-refractivity contribution < 1.29 is 28.4 Å². The number of ketones is 1. The number of hydrogen-bond acceptors (Lipinski definition) is 6. The number of rotatable bonds is 5. The van der Waals surface area contributed by atoms with Gasteiger partial charge >= 0.3 is 5.97 Å². The fourth-order valence-corrected chi connectivity index (χ4v) is 3.84. The Labute approximate surface area is 154 Å². The van der Waals surface area contributed by atoms with Crippen LogP contribution in [0.25, 0.3) is 0 Å². The summed E-state index contributed by atoms with van der Waals surface area (Å²) >= 11 is 0. The molecule has 27 heavy (non-hydrogen) atoms. The van der Waals surface area contributed by atoms with Gasteiger partial charge in [0.05, 0.1) is 16.5 Å². The largest absolute Gasteiger partial charge is 0.455 e. The molecular formula is C18H19FN2O6. The molecule has 0 aliphatic heterocycles. The van der Waals surface area contributed by atoms with Gasteiger partial charge in [0.25, 0.3) is 11.6 Å². The van der Waals surface area contributed by atoms with Crippen molar-refractivity contribution in [2.24, 2.45) is 17.8 Å². The predicted octanol–water partition coefficient (Wildman–Crippen LogP) is 2.61. The third-order valence-corrected chi connectivity index (χ3v) is 5.16. The quantitative estimate of drug-likeness (QED) is 0.478. The van der Waals surface area contributed by atoms with Crippen LogP contribution >= 0.6 is 0 Å². The van der Waals surface area contributed by atoms with Crippen molar-refractivity contribution in [3.8, 4) is 0 Å². The topological polar surface area (TPSA) is 116 Å². The number of nitrogens with one attached hydrogen (secondary N) is 1. The van der Waals surface area contributed by atoms with Gasteiger partial charge in [-0.25, -0.2) is 4.39 Å². The molecule has 2 aliphatic rings. The maximum atomic E-state index is 13.7. The number of Topliss-reactive ketones (excluding diaryl/α,β-unsaturated/α-hetero) is 1. The van der Waals surface area contributed by atoms with E-state index >= 15 is 0 Å². The number of nitro groups is 1. The lowest BCUT2D eigenvalue weighted by Crippen LogP contribution is -2.40. The summed E-state index contributed by atoms with van der Waals surface area (Å²) in [5.41, 5.74) is -0.731. The lowest BCUT2D eigenvalue weighted by Gasteiger charge is -2.36. The van der Waals surface area contributed by atoms with Crippen molar-refractivity contribution in [3.63, 3.8) is 0 Å². The van der Waals surface area contributed by atoms with E-state index < -0.39 is 35.1 Å². The minimum atomic E-state index is -0.834. The highest BCUT2D eigenvalue weighted by Gasteiger charge is 2.41. The number of carbonyl (C=O) groups excluding carboxylic acids is 3. The van der Waals surface area contributed by atoms with Crippen molar-refractivity contribution >= 4 is 29.0 Å². The van der Waals surface area contributed by atoms with Gasteiger partial charge in [-0.3, -0.25) is 24.5 Å². The number of anilines is 1. The SMILES string of the molecule is O=C(COC(=O)C1C[C@H]2CCC[C@H](C1)C2=O)Nc1cc([N+](=O)[O-])ccc1F. The van der Waals surface area contributed by atoms with E-state index in [1.54, 1.807) is 0 Å². The van der Waals surface area contributed by atoms with Gasteiger partial charge in [0, 0.05) is 24.0 Å². The minimum Gasteiger partial charge on any atom is -0.455 e. The fourth-order valence-electron chi connectivity index (χ4n) is 3.84. The molecule has 1 amide bonds. The van der Waals surface area contributed by atoms with E-state index in [1.165, 1.54) is 0 Å². The van der Waals surface area contributed by atoms with Gasteiger partial charge in [0.15, 0.2) is 6.61 Å². The van der Waals surface area contributed by atoms with Crippen molar-refractivity contribution in [3.05, 3.63) is 34.1 Å². The van der Waals surface area contributed by atoms with Gasteiger partial charge in [-0.2, -0.15) is 0 Å². The molecule has 144 valence electrons. The first kappa shape index (κ1) is 18.9. The molecule has 1 N–H and O–H groups in total. The summed E-state index contributed by atoms with van der Waals surface area (Å²) in [4.78, 5) is 46.2. The van der Waals surface area contributed by atoms with Gasteiger partial charge in [-0.15, -0.1) is 0 Å². The van der Waals surface area contributed by atoms with Gasteiger partial charge in [0.1, 0.15) is 11.6 Å². The number of hydrogen-bond donors (Lipinski definition) is 1. The predicted molar refractivity (Wildman–Crippen MR) is 91.2 cm³/mol. The number of fused-ring (bicyclic) bond motifs is 2. The van der Waals surface area contributed by atoms with Crippen LogP contribution in [0.1, 0.15) is 32.1 Å². The number of carbonyl (C=O) groups is 3. The highest BCUT2D eigenvalue weighted by molar-refractivity contribution is 5.93. The number of halogens is 1. The molecule has 1 aromatic rings. The fraction of sp³-hybridized carbons (Fsp3) is 0.500. The summed E-state index contributed by atoms with van der Waals surface area (Å²) < 4.78 is 18.7. The molecule has 0 saturated heterocycles. The Kier molecular flexibility index (Phi) is 5.48. The molecule has 1 aromatic carbocycles. The molecule has 2 aliphatic carbocycles. The summed E-state index contributed by atoms with van der Waals surface area (Å²) in [5, 5.41) is 12.9. The first-order valence-electron chi connectivity index (χ1n) is 8.79. The van der Waals surface area contributed by atoms with Gasteiger partial charge in [-0.05, 0) is 31.7 Å². The molecule has 0 unspecified atom stereocenters. The average Bonchev–Trinajstić information content (AvgIpc) is 2.61. The molecule has 3 rings (SSSR count). The second kappa shape index (κ2) is 7.81. The lowest BCUT2D eigenvalue weighted by molar-refractivity contribution is -0.384. The maximum Gasteiger partial charge on any atom is 0.309 e. The van der Waals surface area contributed by atoms with E-state index in [2.05, 4.69) is 5.32 Å². The molecule has 0 radical (unpaired) electrons. The zero-order valence-electron chi connectivity index (χ0n) is 14.5. The molecule has 2 bridgehead atoms. The van der Waals surface area contributed by atoms with Crippen LogP contribution in [0, 0.1) is 33.7 Å². The van der Waals surface area contributed by atoms with E-state index in [4.69, 9.17) is 4.74 Å². The smallest absolute Gasteiger partial charge is 0.309 e. The van der Waals surface area contributed by atoms with Gasteiger partial charge < -0.3 is 10.1 Å². The van der Waals surface area contributed by atoms with Gasteiger partial charge in [-0.1, -0.05) is 6.42 Å². The van der Waals surface area contributed by atoms with E-state index in [-0.39, 0.29) is 29.0 Å². The van der Waals surface area contributed by atoms with Crippen LogP contribution in [0.4, 0.5) is 15.8 Å². The van der Waals surface area contributed by atoms with E-state index in [0.29, 0.717) is 12.8 Å². The molecule has 0 heterocycles. The second-order valence-electron chi connectivity index (χ2n) is 6.97. The summed E-state index contributed by atoms with van der Waals surface area (Å²) in [6, 6.07) is 2.74. The molecule has 8 nitrogen and oxygen atoms in total. The van der Waals surface area contributed by atoms with Crippen LogP contribution in [-0.2, 0) is 19.1 Å². The third kappa shape index (κ3) is 4.29. The maximum absolute atomic E-state index is 13.7. The molecule has 2 atom stereocenters. The lowest BCUT2D eigenvalue weighted by atomic mass is 9.67. The number of amides is 1. The minimum absolute atomic E-state index is 0.108. The zero-order chi connectivity index (χ0) is 19.6. The number of nitro benzene ring substituents is 1. The summed E-state index contributed by atoms with van der Waals surface area (Å²) in [6.07, 6.45) is 3.43. The average molecular weight is 378 g/mol. The Morgan fingerprint density at radius 3 is 2.56 bits per heavy atom. The molecule has 2 saturated carbocycles. The van der Waals surface area contributed by atoms with Crippen LogP contribution in [0.2, 0.25) is 0 Å². The molecule has 9 heteroatoms. The molecule has 2 fully saturated rings. The Bertz CT molecular complexity index is 780. The first-order chi connectivity index (χ1) is 12.8. The third-order valence-electron chi connectivity index (χ3n) is 5.16. The molecular weight excluding hydrogens is 359 g/mol. The van der Waals surface area contributed by atoms with Crippen molar-refractivity contribution in [2.45, 2.75) is 32.1 Å². The van der Waals surface area contributed by atoms with Crippen molar-refractivity contribution in [1.29, 1.82) is 0 Å². The normalized spacial score (nSPS) is 24.2. The van der Waals surface area contributed by atoms with Crippen LogP contribution in [0.5, 0.6) is 0 Å². The van der Waals surface area contributed by atoms with Crippen molar-refractivity contribution in [1.82, 2.24) is 0 Å². The Morgan fingerprint density at radius 1 is 1.26 bits per heavy atom. The standard InChI is InChI=1S/C18H19FN2O6/c19-14-5-4-13(21(25)26)8-15(14)20-16(22)9-27-18(24)12-6-10-2-1-3-11(7-12)17(10)23/h4-5,8,10-12H,1-3,6-7,9H2,(H,20,22)/t10-,11-/m1/s1. The van der Waals surface area contributed by atoms with E-state index in [1.807, 2.05) is 0 Å². The first-order valence-corrected chi connectivity index (χ1v) is 8.79. The Balaban J connectivity index is 1.53. The van der Waals surface area contributed by atoms with Crippen LogP contribution in [0.3, 0.4) is 0 Å². The van der Waals surface area contributed by atoms with Crippen LogP contribution in [0.15, 0.2) is 18.2 Å². The van der Waals surface area contributed by atoms with E-state index in [9.17, 15) is 28.9 Å². The zero-order valence-corrected chi connectivity index (χ0v) is 14.5. The number of nitrogens with zero attached hydrogens (tertiary/aromatic N) is 1. The number of benzene rings is 1. The Morgan fingerprint density at radius 2 is 1.93 bits per heavy atom. The summed E-state index contributed by atoms with van der Waals surface area (Å²) in [5.74, 6) is -2.59. The number of ether oxygens (including phenoxy) is 1. The van der Waals surface area contributed by atoms with Gasteiger partial charge in [0.2, 0.25) is 0 Å². The highest BCUT2D eigenvalue weighted by Crippen LogP contribution is 2.40. The summed E-state index contributed by atoms with van der Waals surface area (Å²) in [7, 11) is 0. The summed E-state index contributed by atoms with van der Waals surface area (Å²) in [6.45, 7) is -0.624. The monoisotopic (exact) mass is 378 g/mol. The molecule has 0 spiro atoms.